The number of halogens is 1. The van der Waals surface area contributed by atoms with E-state index >= 15 is 0 Å². The van der Waals surface area contributed by atoms with Crippen LogP contribution in [0.4, 0.5) is 11.6 Å². The molecule has 2 aromatic heterocycles. The van der Waals surface area contributed by atoms with Gasteiger partial charge < -0.3 is 9.80 Å². The van der Waals surface area contributed by atoms with E-state index in [1.54, 1.807) is 0 Å². The Morgan fingerprint density at radius 2 is 1.64 bits per heavy atom. The van der Waals surface area contributed by atoms with Crippen molar-refractivity contribution < 1.29 is 0 Å². The first-order valence-corrected chi connectivity index (χ1v) is 8.41. The van der Waals surface area contributed by atoms with Gasteiger partial charge in [-0.2, -0.15) is 0 Å². The highest BCUT2D eigenvalue weighted by Gasteiger charge is 2.14. The zero-order valence-corrected chi connectivity index (χ0v) is 15.2. The molecular weight excluding hydrogens is 340 g/mol. The molecule has 0 aromatic carbocycles. The van der Waals surface area contributed by atoms with E-state index in [9.17, 15) is 0 Å². The summed E-state index contributed by atoms with van der Waals surface area (Å²) >= 11 is 3.42. The molecule has 2 aromatic rings. The molecule has 2 rings (SSSR count). The molecule has 0 saturated carbocycles. The van der Waals surface area contributed by atoms with Gasteiger partial charge in [-0.3, -0.25) is 0 Å². The standard InChI is InChI=1S/C17H23BrN4/c1-5-22(6-2)17-9-7-14(11-19-17)13(3)21(4)16-10-8-15(18)12-20-16/h7-13H,5-6H2,1-4H3/t13-/m0/s1. The minimum Gasteiger partial charge on any atom is -0.357 e. The van der Waals surface area contributed by atoms with Gasteiger partial charge in [-0.15, -0.1) is 0 Å². The molecule has 0 N–H and O–H groups in total. The van der Waals surface area contributed by atoms with Crippen molar-refractivity contribution in [2.45, 2.75) is 26.8 Å². The Morgan fingerprint density at radius 1 is 1.00 bits per heavy atom. The molecule has 0 saturated heterocycles. The van der Waals surface area contributed by atoms with Gasteiger partial charge in [0.05, 0.1) is 6.04 Å². The van der Waals surface area contributed by atoms with Crippen molar-refractivity contribution >= 4 is 27.6 Å². The molecule has 0 aliphatic carbocycles. The Bertz CT molecular complexity index is 579. The Morgan fingerprint density at radius 3 is 2.14 bits per heavy atom. The number of hydrogen-bond donors (Lipinski definition) is 0. The molecule has 0 unspecified atom stereocenters. The van der Waals surface area contributed by atoms with Crippen molar-refractivity contribution in [2.75, 3.05) is 29.9 Å². The molecule has 0 aliphatic heterocycles. The van der Waals surface area contributed by atoms with Crippen molar-refractivity contribution in [3.63, 3.8) is 0 Å². The molecule has 2 heterocycles. The molecule has 1 atom stereocenters. The molecule has 0 spiro atoms. The van der Waals surface area contributed by atoms with Crippen LogP contribution in [0.2, 0.25) is 0 Å². The summed E-state index contributed by atoms with van der Waals surface area (Å²) in [6.07, 6.45) is 3.79. The second-order valence-corrected chi connectivity index (χ2v) is 6.16. The Kier molecular flexibility index (Phi) is 5.77. The van der Waals surface area contributed by atoms with Gasteiger partial charge in [-0.1, -0.05) is 6.07 Å². The van der Waals surface area contributed by atoms with Gasteiger partial charge in [-0.05, 0) is 60.5 Å². The number of hydrogen-bond acceptors (Lipinski definition) is 4. The third-order valence-corrected chi connectivity index (χ3v) is 4.46. The van der Waals surface area contributed by atoms with E-state index in [1.165, 1.54) is 5.56 Å². The largest absolute Gasteiger partial charge is 0.357 e. The third kappa shape index (κ3) is 3.77. The Labute approximate surface area is 141 Å². The molecule has 0 radical (unpaired) electrons. The maximum absolute atomic E-state index is 4.60. The summed E-state index contributed by atoms with van der Waals surface area (Å²) in [6.45, 7) is 8.41. The fourth-order valence-electron chi connectivity index (χ4n) is 2.38. The molecule has 4 nitrogen and oxygen atoms in total. The molecule has 0 amide bonds. The first-order valence-electron chi connectivity index (χ1n) is 7.62. The summed E-state index contributed by atoms with van der Waals surface area (Å²) in [4.78, 5) is 13.4. The minimum absolute atomic E-state index is 0.215. The summed E-state index contributed by atoms with van der Waals surface area (Å²) in [5.74, 6) is 1.98. The Balaban J connectivity index is 2.15. The number of anilines is 2. The topological polar surface area (TPSA) is 32.3 Å². The van der Waals surface area contributed by atoms with Crippen LogP contribution in [0.1, 0.15) is 32.4 Å². The van der Waals surface area contributed by atoms with Crippen molar-refractivity contribution in [3.8, 4) is 0 Å². The molecule has 0 fully saturated rings. The van der Waals surface area contributed by atoms with Gasteiger partial charge in [0.2, 0.25) is 0 Å². The van der Waals surface area contributed by atoms with E-state index in [4.69, 9.17) is 0 Å². The lowest BCUT2D eigenvalue weighted by Gasteiger charge is -2.27. The van der Waals surface area contributed by atoms with Gasteiger partial charge in [0, 0.05) is 37.0 Å². The van der Waals surface area contributed by atoms with Crippen molar-refractivity contribution in [1.29, 1.82) is 0 Å². The lowest BCUT2D eigenvalue weighted by atomic mass is 10.1. The van der Waals surface area contributed by atoms with E-state index in [0.717, 1.165) is 29.2 Å². The van der Waals surface area contributed by atoms with E-state index in [1.807, 2.05) is 24.5 Å². The Hall–Kier alpha value is -1.62. The smallest absolute Gasteiger partial charge is 0.128 e. The monoisotopic (exact) mass is 362 g/mol. The number of nitrogens with zero attached hydrogens (tertiary/aromatic N) is 4. The second kappa shape index (κ2) is 7.58. The van der Waals surface area contributed by atoms with Crippen molar-refractivity contribution in [2.24, 2.45) is 0 Å². The van der Waals surface area contributed by atoms with Crippen molar-refractivity contribution in [3.05, 3.63) is 46.7 Å². The fraction of sp³-hybridized carbons (Fsp3) is 0.412. The lowest BCUT2D eigenvalue weighted by Crippen LogP contribution is -2.24. The molecular formula is C17H23BrN4. The number of pyridine rings is 2. The molecule has 0 bridgehead atoms. The molecule has 22 heavy (non-hydrogen) atoms. The van der Waals surface area contributed by atoms with Gasteiger partial charge >= 0.3 is 0 Å². The van der Waals surface area contributed by atoms with E-state index in [-0.39, 0.29) is 6.04 Å². The quantitative estimate of drug-likeness (QED) is 0.767. The predicted octanol–water partition coefficient (Wildman–Crippen LogP) is 4.28. The van der Waals surface area contributed by atoms with Crippen LogP contribution in [-0.2, 0) is 0 Å². The van der Waals surface area contributed by atoms with Crippen LogP contribution in [0.3, 0.4) is 0 Å². The highest BCUT2D eigenvalue weighted by atomic mass is 79.9. The van der Waals surface area contributed by atoms with Gasteiger partial charge in [-0.25, -0.2) is 9.97 Å². The number of aromatic nitrogens is 2. The maximum atomic E-state index is 4.60. The van der Waals surface area contributed by atoms with Crippen LogP contribution < -0.4 is 9.80 Å². The average molecular weight is 363 g/mol. The zero-order chi connectivity index (χ0) is 16.1. The van der Waals surface area contributed by atoms with Crippen LogP contribution >= 0.6 is 15.9 Å². The van der Waals surface area contributed by atoms with E-state index < -0.39 is 0 Å². The predicted molar refractivity (Wildman–Crippen MR) is 96.6 cm³/mol. The fourth-order valence-corrected chi connectivity index (χ4v) is 2.61. The van der Waals surface area contributed by atoms with Gasteiger partial charge in [0.25, 0.3) is 0 Å². The summed E-state index contributed by atoms with van der Waals surface area (Å²) in [5.41, 5.74) is 1.18. The number of rotatable bonds is 6. The summed E-state index contributed by atoms with van der Waals surface area (Å²) < 4.78 is 0.988. The first kappa shape index (κ1) is 16.7. The van der Waals surface area contributed by atoms with E-state index in [2.05, 4.69) is 75.6 Å². The van der Waals surface area contributed by atoms with Crippen molar-refractivity contribution in [1.82, 2.24) is 9.97 Å². The highest BCUT2D eigenvalue weighted by molar-refractivity contribution is 9.10. The summed E-state index contributed by atoms with van der Waals surface area (Å²) in [6, 6.07) is 8.49. The van der Waals surface area contributed by atoms with Crippen LogP contribution in [0.5, 0.6) is 0 Å². The second-order valence-electron chi connectivity index (χ2n) is 5.24. The summed E-state index contributed by atoms with van der Waals surface area (Å²) in [7, 11) is 2.05. The molecule has 118 valence electrons. The third-order valence-electron chi connectivity index (χ3n) is 3.99. The van der Waals surface area contributed by atoms with Crippen LogP contribution in [-0.4, -0.2) is 30.1 Å². The van der Waals surface area contributed by atoms with E-state index in [0.29, 0.717) is 0 Å². The SMILES string of the molecule is CCN(CC)c1ccc([C@H](C)N(C)c2ccc(Br)cn2)cn1. The van der Waals surface area contributed by atoms with Gasteiger partial charge in [0.1, 0.15) is 11.6 Å². The summed E-state index contributed by atoms with van der Waals surface area (Å²) in [5, 5.41) is 0. The normalized spacial score (nSPS) is 12.0. The maximum Gasteiger partial charge on any atom is 0.128 e. The molecule has 0 aliphatic rings. The van der Waals surface area contributed by atoms with Crippen LogP contribution in [0.25, 0.3) is 0 Å². The van der Waals surface area contributed by atoms with Crippen LogP contribution in [0.15, 0.2) is 41.1 Å². The highest BCUT2D eigenvalue weighted by Crippen LogP contribution is 2.25. The average Bonchev–Trinajstić information content (AvgIpc) is 2.56. The first-order chi connectivity index (χ1) is 10.6. The molecule has 5 heteroatoms. The van der Waals surface area contributed by atoms with Gasteiger partial charge in [0.15, 0.2) is 0 Å². The van der Waals surface area contributed by atoms with Crippen LogP contribution in [0, 0.1) is 0 Å². The lowest BCUT2D eigenvalue weighted by molar-refractivity contribution is 0.723. The zero-order valence-electron chi connectivity index (χ0n) is 13.6. The minimum atomic E-state index is 0.215.